The summed E-state index contributed by atoms with van der Waals surface area (Å²) in [6, 6.07) is 6.72. The van der Waals surface area contributed by atoms with Crippen LogP contribution in [0.25, 0.3) is 0 Å². The minimum Gasteiger partial charge on any atom is -0.303 e. The molecule has 0 amide bonds. The summed E-state index contributed by atoms with van der Waals surface area (Å²) in [6.45, 7) is 17.6. The van der Waals surface area contributed by atoms with E-state index in [0.717, 1.165) is 31.6 Å². The van der Waals surface area contributed by atoms with E-state index in [2.05, 4.69) is 73.0 Å². The molecule has 156 valence electrons. The van der Waals surface area contributed by atoms with Gasteiger partial charge >= 0.3 is 0 Å². The minimum absolute atomic E-state index is 0.251. The maximum atomic E-state index is 4.64. The van der Waals surface area contributed by atoms with E-state index in [1.807, 2.05) is 13.4 Å². The summed E-state index contributed by atoms with van der Waals surface area (Å²) < 4.78 is 0. The molecule has 29 heavy (non-hydrogen) atoms. The quantitative estimate of drug-likeness (QED) is 0.320. The van der Waals surface area contributed by atoms with Gasteiger partial charge in [0.25, 0.3) is 0 Å². The zero-order valence-electron chi connectivity index (χ0n) is 18.7. The molecule has 1 aliphatic carbocycles. The van der Waals surface area contributed by atoms with Crippen LogP contribution >= 0.6 is 0 Å². The zero-order chi connectivity index (χ0) is 21.0. The lowest BCUT2D eigenvalue weighted by molar-refractivity contribution is 0.290. The zero-order valence-corrected chi connectivity index (χ0v) is 18.7. The Morgan fingerprint density at radius 1 is 1.21 bits per heavy atom. The molecule has 3 heteroatoms. The third-order valence-electron chi connectivity index (χ3n) is 6.54. The third-order valence-corrected chi connectivity index (χ3v) is 6.54. The average Bonchev–Trinajstić information content (AvgIpc) is 3.22. The maximum Gasteiger partial charge on any atom is 0.0934 e. The highest BCUT2D eigenvalue weighted by Crippen LogP contribution is 2.37. The second-order valence-electron chi connectivity index (χ2n) is 8.72. The summed E-state index contributed by atoms with van der Waals surface area (Å²) in [4.78, 5) is 9.26. The SMILES string of the molecule is C=C(C)C1CC=C(C(C(=C)N(C=NC)c2c(C)cccc2C)N2CCCC2)CC1. The van der Waals surface area contributed by atoms with Crippen LogP contribution in [0.2, 0.25) is 0 Å². The molecule has 1 aromatic carbocycles. The molecule has 1 aromatic rings. The molecule has 2 aliphatic rings. The van der Waals surface area contributed by atoms with Crippen LogP contribution in [-0.4, -0.2) is 37.4 Å². The van der Waals surface area contributed by atoms with Crippen molar-refractivity contribution in [2.45, 2.75) is 58.9 Å². The fourth-order valence-electron chi connectivity index (χ4n) is 4.92. The van der Waals surface area contributed by atoms with Gasteiger partial charge in [-0.25, -0.2) is 0 Å². The predicted octanol–water partition coefficient (Wildman–Crippen LogP) is 6.05. The van der Waals surface area contributed by atoms with Crippen LogP contribution in [0.5, 0.6) is 0 Å². The monoisotopic (exact) mass is 391 g/mol. The topological polar surface area (TPSA) is 18.8 Å². The van der Waals surface area contributed by atoms with E-state index in [1.54, 1.807) is 0 Å². The summed E-state index contributed by atoms with van der Waals surface area (Å²) in [5, 5.41) is 0. The molecule has 1 fully saturated rings. The Hall–Kier alpha value is -2.13. The molecule has 0 bridgehead atoms. The van der Waals surface area contributed by atoms with Crippen LogP contribution in [0, 0.1) is 19.8 Å². The van der Waals surface area contributed by atoms with Gasteiger partial charge in [0.05, 0.1) is 18.1 Å². The summed E-state index contributed by atoms with van der Waals surface area (Å²) in [5.74, 6) is 0.623. The van der Waals surface area contributed by atoms with Crippen molar-refractivity contribution in [1.29, 1.82) is 0 Å². The first-order valence-corrected chi connectivity index (χ1v) is 11.0. The maximum absolute atomic E-state index is 4.64. The Bertz CT molecular complexity index is 791. The van der Waals surface area contributed by atoms with Gasteiger partial charge in [-0.2, -0.15) is 0 Å². The van der Waals surface area contributed by atoms with Crippen molar-refractivity contribution in [2.75, 3.05) is 25.0 Å². The molecule has 3 nitrogen and oxygen atoms in total. The van der Waals surface area contributed by atoms with E-state index in [0.29, 0.717) is 5.92 Å². The van der Waals surface area contributed by atoms with Gasteiger partial charge in [-0.1, -0.05) is 48.6 Å². The molecule has 0 N–H and O–H groups in total. The van der Waals surface area contributed by atoms with E-state index in [4.69, 9.17) is 0 Å². The molecule has 1 saturated heterocycles. The minimum atomic E-state index is 0.251. The molecule has 2 atom stereocenters. The number of hydrogen-bond donors (Lipinski definition) is 0. The molecule has 0 saturated carbocycles. The van der Waals surface area contributed by atoms with E-state index in [1.165, 1.54) is 47.2 Å². The van der Waals surface area contributed by atoms with Crippen LogP contribution in [0.15, 0.2) is 59.3 Å². The second-order valence-corrected chi connectivity index (χ2v) is 8.72. The van der Waals surface area contributed by atoms with Crippen molar-refractivity contribution in [2.24, 2.45) is 10.9 Å². The number of aliphatic imine (C=N–C) groups is 1. The third kappa shape index (κ3) is 4.72. The van der Waals surface area contributed by atoms with Gasteiger partial charge in [0.2, 0.25) is 0 Å². The second kappa shape index (κ2) is 9.58. The number of para-hydroxylation sites is 1. The first kappa shape index (κ1) is 21.6. The van der Waals surface area contributed by atoms with Gasteiger partial charge in [-0.3, -0.25) is 9.89 Å². The highest BCUT2D eigenvalue weighted by atomic mass is 15.3. The Kier molecular flexibility index (Phi) is 7.13. The van der Waals surface area contributed by atoms with Gasteiger partial charge in [-0.05, 0) is 83.0 Å². The van der Waals surface area contributed by atoms with Gasteiger partial charge in [0.15, 0.2) is 0 Å². The van der Waals surface area contributed by atoms with Crippen molar-refractivity contribution in [3.8, 4) is 0 Å². The molecular formula is C26H37N3. The molecule has 1 heterocycles. The van der Waals surface area contributed by atoms with Crippen molar-refractivity contribution >= 4 is 12.0 Å². The van der Waals surface area contributed by atoms with Crippen LogP contribution in [0.4, 0.5) is 5.69 Å². The first-order valence-electron chi connectivity index (χ1n) is 11.0. The van der Waals surface area contributed by atoms with E-state index in [9.17, 15) is 0 Å². The van der Waals surface area contributed by atoms with Gasteiger partial charge in [-0.15, -0.1) is 0 Å². The van der Waals surface area contributed by atoms with Gasteiger partial charge in [0, 0.05) is 12.7 Å². The van der Waals surface area contributed by atoms with Crippen molar-refractivity contribution in [1.82, 2.24) is 4.90 Å². The fraction of sp³-hybridized carbons (Fsp3) is 0.500. The largest absolute Gasteiger partial charge is 0.303 e. The Labute approximate surface area is 177 Å². The van der Waals surface area contributed by atoms with E-state index < -0.39 is 0 Å². The molecule has 3 rings (SSSR count). The van der Waals surface area contributed by atoms with Crippen LogP contribution in [0.1, 0.15) is 50.2 Å². The van der Waals surface area contributed by atoms with Crippen molar-refractivity contribution in [3.63, 3.8) is 0 Å². The smallest absolute Gasteiger partial charge is 0.0934 e. The number of allylic oxidation sites excluding steroid dienone is 2. The van der Waals surface area contributed by atoms with Crippen LogP contribution < -0.4 is 4.90 Å². The summed E-state index contributed by atoms with van der Waals surface area (Å²) in [7, 11) is 1.84. The molecule has 0 radical (unpaired) electrons. The summed E-state index contributed by atoms with van der Waals surface area (Å²) >= 11 is 0. The standard InChI is InChI=1S/C26H37N3/c1-19(2)23-12-14-24(15-13-23)26(28-16-7-8-17-28)22(5)29(18-27-6)25-20(3)10-9-11-21(25)4/h9-11,14,18,23,26H,1,5,7-8,12-13,15-17H2,2-4,6H3. The molecular weight excluding hydrogens is 354 g/mol. The number of anilines is 1. The van der Waals surface area contributed by atoms with E-state index >= 15 is 0 Å². The van der Waals surface area contributed by atoms with Crippen LogP contribution in [-0.2, 0) is 0 Å². The first-order chi connectivity index (χ1) is 13.9. The fourth-order valence-corrected chi connectivity index (χ4v) is 4.92. The van der Waals surface area contributed by atoms with Gasteiger partial charge < -0.3 is 4.90 Å². The molecule has 1 aliphatic heterocycles. The number of benzene rings is 1. The normalized spacial score (nSPS) is 21.2. The van der Waals surface area contributed by atoms with Gasteiger partial charge in [0.1, 0.15) is 0 Å². The number of aryl methyl sites for hydroxylation is 2. The predicted molar refractivity (Wildman–Crippen MR) is 127 cm³/mol. The lowest BCUT2D eigenvalue weighted by atomic mass is 9.82. The number of hydrogen-bond acceptors (Lipinski definition) is 2. The molecule has 0 aromatic heterocycles. The average molecular weight is 392 g/mol. The lowest BCUT2D eigenvalue weighted by Gasteiger charge is -2.38. The Morgan fingerprint density at radius 2 is 1.86 bits per heavy atom. The number of rotatable bonds is 7. The lowest BCUT2D eigenvalue weighted by Crippen LogP contribution is -2.42. The number of likely N-dealkylation sites (tertiary alicyclic amines) is 1. The highest BCUT2D eigenvalue weighted by molar-refractivity contribution is 5.86. The molecule has 0 spiro atoms. The van der Waals surface area contributed by atoms with Crippen LogP contribution in [0.3, 0.4) is 0 Å². The summed E-state index contributed by atoms with van der Waals surface area (Å²) in [5.41, 5.74) is 7.68. The van der Waals surface area contributed by atoms with Crippen molar-refractivity contribution < 1.29 is 0 Å². The number of nitrogens with zero attached hydrogens (tertiary/aromatic N) is 3. The highest BCUT2D eigenvalue weighted by Gasteiger charge is 2.32. The summed E-state index contributed by atoms with van der Waals surface area (Å²) in [6.07, 6.45) is 10.4. The van der Waals surface area contributed by atoms with E-state index in [-0.39, 0.29) is 6.04 Å². The molecule has 2 unspecified atom stereocenters. The Balaban J connectivity index is 1.98. The van der Waals surface area contributed by atoms with Crippen molar-refractivity contribution in [3.05, 3.63) is 65.4 Å². The Morgan fingerprint density at radius 3 is 2.38 bits per heavy atom.